The molecular formula is C56H97NO3. The number of hydrogen-bond acceptors (Lipinski definition) is 3. The van der Waals surface area contributed by atoms with E-state index in [0.29, 0.717) is 12.8 Å². The molecule has 344 valence electrons. The van der Waals surface area contributed by atoms with Crippen LogP contribution in [0.3, 0.4) is 0 Å². The molecule has 0 fully saturated rings. The van der Waals surface area contributed by atoms with Crippen LogP contribution in [0.2, 0.25) is 0 Å². The van der Waals surface area contributed by atoms with Crippen molar-refractivity contribution in [3.8, 4) is 0 Å². The second kappa shape index (κ2) is 50.7. The second-order valence-corrected chi connectivity index (χ2v) is 16.9. The number of aliphatic hydroxyl groups excluding tert-OH is 2. The molecule has 2 atom stereocenters. The molecule has 3 N–H and O–H groups in total. The average Bonchev–Trinajstić information content (AvgIpc) is 3.25. The minimum absolute atomic E-state index is 0.0490. The summed E-state index contributed by atoms with van der Waals surface area (Å²) in [7, 11) is 0. The second-order valence-electron chi connectivity index (χ2n) is 16.9. The molecule has 0 aromatic carbocycles. The van der Waals surface area contributed by atoms with Crippen LogP contribution in [0, 0.1) is 0 Å². The van der Waals surface area contributed by atoms with Crippen molar-refractivity contribution < 1.29 is 15.0 Å². The van der Waals surface area contributed by atoms with Gasteiger partial charge in [-0.2, -0.15) is 0 Å². The van der Waals surface area contributed by atoms with Gasteiger partial charge in [-0.3, -0.25) is 4.79 Å². The number of carbonyl (C=O) groups excluding carboxylic acids is 1. The van der Waals surface area contributed by atoms with Crippen LogP contribution in [0.25, 0.3) is 0 Å². The quantitative estimate of drug-likeness (QED) is 0.0423. The smallest absolute Gasteiger partial charge is 0.220 e. The third kappa shape index (κ3) is 46.4. The third-order valence-corrected chi connectivity index (χ3v) is 11.1. The maximum absolute atomic E-state index is 12.5. The normalized spacial score (nSPS) is 13.7. The fraction of sp³-hybridized carbons (Fsp3) is 0.696. The van der Waals surface area contributed by atoms with Crippen LogP contribution in [0.5, 0.6) is 0 Å². The Labute approximate surface area is 373 Å². The number of unbranched alkanes of at least 4 members (excludes halogenated alkanes) is 22. The molecule has 0 saturated heterocycles. The summed E-state index contributed by atoms with van der Waals surface area (Å²) in [6, 6.07) is -0.551. The zero-order valence-corrected chi connectivity index (χ0v) is 39.4. The lowest BCUT2D eigenvalue weighted by Gasteiger charge is -2.22. The summed E-state index contributed by atoms with van der Waals surface area (Å²) in [5, 5.41) is 23.2. The van der Waals surface area contributed by atoms with Gasteiger partial charge >= 0.3 is 0 Å². The zero-order valence-electron chi connectivity index (χ0n) is 39.4. The first kappa shape index (κ1) is 57.3. The van der Waals surface area contributed by atoms with Crippen LogP contribution < -0.4 is 5.32 Å². The van der Waals surface area contributed by atoms with Gasteiger partial charge in [-0.05, 0) is 77.0 Å². The predicted octanol–water partition coefficient (Wildman–Crippen LogP) is 16.6. The van der Waals surface area contributed by atoms with E-state index < -0.39 is 12.1 Å². The van der Waals surface area contributed by atoms with Gasteiger partial charge in [-0.1, -0.05) is 246 Å². The molecule has 2 unspecified atom stereocenters. The maximum atomic E-state index is 12.5. The van der Waals surface area contributed by atoms with Gasteiger partial charge in [0.25, 0.3) is 0 Å². The Morgan fingerprint density at radius 3 is 1.10 bits per heavy atom. The van der Waals surface area contributed by atoms with Crippen molar-refractivity contribution in [2.75, 3.05) is 6.61 Å². The fourth-order valence-electron chi connectivity index (χ4n) is 7.26. The molecule has 0 spiro atoms. The number of allylic oxidation sites excluding steroid dienone is 16. The summed E-state index contributed by atoms with van der Waals surface area (Å²) < 4.78 is 0. The predicted molar refractivity (Wildman–Crippen MR) is 266 cm³/mol. The zero-order chi connectivity index (χ0) is 43.5. The molecule has 60 heavy (non-hydrogen) atoms. The third-order valence-electron chi connectivity index (χ3n) is 11.1. The van der Waals surface area contributed by atoms with Gasteiger partial charge in [0, 0.05) is 6.42 Å². The Hall–Kier alpha value is -2.69. The molecule has 0 radical (unpaired) electrons. The molecule has 0 heterocycles. The van der Waals surface area contributed by atoms with Gasteiger partial charge in [0.15, 0.2) is 0 Å². The van der Waals surface area contributed by atoms with Crippen molar-refractivity contribution in [3.63, 3.8) is 0 Å². The van der Waals surface area contributed by atoms with Gasteiger partial charge in [-0.15, -0.1) is 0 Å². The highest BCUT2D eigenvalue weighted by molar-refractivity contribution is 5.76. The van der Waals surface area contributed by atoms with Crippen molar-refractivity contribution in [3.05, 3.63) is 97.2 Å². The van der Waals surface area contributed by atoms with E-state index in [4.69, 9.17) is 0 Å². The summed E-state index contributed by atoms with van der Waals surface area (Å²) in [6.45, 7) is 4.24. The molecule has 4 heteroatoms. The largest absolute Gasteiger partial charge is 0.394 e. The monoisotopic (exact) mass is 832 g/mol. The van der Waals surface area contributed by atoms with Crippen molar-refractivity contribution >= 4 is 5.91 Å². The Kier molecular flexibility index (Phi) is 48.4. The molecule has 0 bridgehead atoms. The lowest BCUT2D eigenvalue weighted by Crippen LogP contribution is -2.45. The average molecular weight is 832 g/mol. The minimum Gasteiger partial charge on any atom is -0.394 e. The van der Waals surface area contributed by atoms with E-state index in [2.05, 4.69) is 116 Å². The molecule has 0 rings (SSSR count). The standard InChI is InChI=1S/C56H97NO3/c1-3-5-7-9-11-13-15-17-19-21-22-23-24-25-26-27-28-29-30-31-32-33-34-36-38-40-42-44-46-48-50-52-56(60)57-54(53-58)55(59)51-49-47-45-43-41-39-37-35-20-18-16-14-12-10-8-6-4-2/h5,7,11,13,17,19,22-23,25-26,28-29,31-32,34,36,54-55,58-59H,3-4,6,8-10,12,14-16,18,20-21,24,27,30,33,35,37-53H2,1-2H3,(H,57,60)/b7-5-,13-11-,19-17-,23-22-,26-25-,29-28-,32-31-,36-34-. The van der Waals surface area contributed by atoms with Gasteiger partial charge in [0.2, 0.25) is 5.91 Å². The van der Waals surface area contributed by atoms with Crippen LogP contribution in [-0.2, 0) is 4.79 Å². The Bertz CT molecular complexity index is 1130. The molecule has 0 aromatic rings. The summed E-state index contributed by atoms with van der Waals surface area (Å²) in [5.74, 6) is -0.0490. The first-order valence-electron chi connectivity index (χ1n) is 25.4. The Morgan fingerprint density at radius 1 is 0.417 bits per heavy atom. The SMILES string of the molecule is CC/C=C\C/C=C\C/C=C\C/C=C\C/C=C\C/C=C\C/C=C\C/C=C\CCCCCCCCC(=O)NC(CO)C(O)CCCCCCCCCCCCCCCCCCC. The summed E-state index contributed by atoms with van der Waals surface area (Å²) >= 11 is 0. The summed E-state index contributed by atoms with van der Waals surface area (Å²) in [6.07, 6.45) is 75.0. The molecule has 0 aliphatic heterocycles. The van der Waals surface area contributed by atoms with Crippen LogP contribution in [0.4, 0.5) is 0 Å². The van der Waals surface area contributed by atoms with E-state index in [0.717, 1.165) is 89.9 Å². The van der Waals surface area contributed by atoms with Crippen molar-refractivity contribution in [2.45, 2.75) is 244 Å². The van der Waals surface area contributed by atoms with Crippen LogP contribution >= 0.6 is 0 Å². The van der Waals surface area contributed by atoms with Crippen LogP contribution in [-0.4, -0.2) is 34.9 Å². The Morgan fingerprint density at radius 2 is 0.733 bits per heavy atom. The number of nitrogens with one attached hydrogen (secondary N) is 1. The van der Waals surface area contributed by atoms with E-state index in [1.807, 2.05) is 0 Å². The van der Waals surface area contributed by atoms with Gasteiger partial charge in [0.1, 0.15) is 0 Å². The number of rotatable bonds is 45. The lowest BCUT2D eigenvalue weighted by atomic mass is 10.0. The molecule has 0 saturated carbocycles. The van der Waals surface area contributed by atoms with E-state index in [1.54, 1.807) is 0 Å². The summed E-state index contributed by atoms with van der Waals surface area (Å²) in [4.78, 5) is 12.5. The van der Waals surface area contributed by atoms with Gasteiger partial charge < -0.3 is 15.5 Å². The number of hydrogen-bond donors (Lipinski definition) is 3. The molecule has 4 nitrogen and oxygen atoms in total. The number of amides is 1. The first-order valence-corrected chi connectivity index (χ1v) is 25.4. The topological polar surface area (TPSA) is 69.6 Å². The number of aliphatic hydroxyl groups is 2. The molecule has 0 aliphatic carbocycles. The fourth-order valence-corrected chi connectivity index (χ4v) is 7.26. The molecule has 1 amide bonds. The maximum Gasteiger partial charge on any atom is 0.220 e. The Balaban J connectivity index is 3.62. The first-order chi connectivity index (χ1) is 29.7. The van der Waals surface area contributed by atoms with Crippen LogP contribution in [0.15, 0.2) is 97.2 Å². The highest BCUT2D eigenvalue weighted by atomic mass is 16.3. The van der Waals surface area contributed by atoms with Gasteiger partial charge in [0.05, 0.1) is 18.8 Å². The molecule has 0 aliphatic rings. The van der Waals surface area contributed by atoms with Crippen molar-refractivity contribution in [1.29, 1.82) is 0 Å². The van der Waals surface area contributed by atoms with Crippen molar-refractivity contribution in [2.24, 2.45) is 0 Å². The minimum atomic E-state index is -0.672. The van der Waals surface area contributed by atoms with Gasteiger partial charge in [-0.25, -0.2) is 0 Å². The van der Waals surface area contributed by atoms with E-state index in [9.17, 15) is 15.0 Å². The van der Waals surface area contributed by atoms with Crippen molar-refractivity contribution in [1.82, 2.24) is 5.32 Å². The molecule has 0 aromatic heterocycles. The van der Waals surface area contributed by atoms with E-state index in [-0.39, 0.29) is 12.5 Å². The van der Waals surface area contributed by atoms with E-state index in [1.165, 1.54) is 116 Å². The highest BCUT2D eigenvalue weighted by Gasteiger charge is 2.20. The molecular weight excluding hydrogens is 735 g/mol. The number of carbonyl (C=O) groups is 1. The summed E-state index contributed by atoms with van der Waals surface area (Å²) in [5.41, 5.74) is 0. The lowest BCUT2D eigenvalue weighted by molar-refractivity contribution is -0.123. The van der Waals surface area contributed by atoms with E-state index >= 15 is 0 Å². The van der Waals surface area contributed by atoms with Crippen LogP contribution in [0.1, 0.15) is 232 Å². The highest BCUT2D eigenvalue weighted by Crippen LogP contribution is 2.16.